The smallest absolute Gasteiger partial charge is 0.433 e. The van der Waals surface area contributed by atoms with Crippen molar-refractivity contribution < 1.29 is 35.9 Å². The molecule has 1 fully saturated rings. The van der Waals surface area contributed by atoms with E-state index in [1.54, 1.807) is 12.1 Å². The molecule has 3 aromatic rings. The minimum atomic E-state index is -4.71. The number of nitrogens with zero attached hydrogens (tertiary/aromatic N) is 2. The van der Waals surface area contributed by atoms with Crippen molar-refractivity contribution in [3.63, 3.8) is 0 Å². The predicted octanol–water partition coefficient (Wildman–Crippen LogP) is 7.15. The lowest BCUT2D eigenvalue weighted by atomic mass is 9.89. The van der Waals surface area contributed by atoms with E-state index in [4.69, 9.17) is 4.74 Å². The number of halogens is 7. The predicted molar refractivity (Wildman–Crippen MR) is 125 cm³/mol. The molecule has 0 unspecified atom stereocenters. The number of allylic oxidation sites excluding steroid dienone is 1. The molecule has 0 bridgehead atoms. The van der Waals surface area contributed by atoms with E-state index in [1.165, 1.54) is 0 Å². The highest BCUT2D eigenvalue weighted by molar-refractivity contribution is 9.10. The van der Waals surface area contributed by atoms with Crippen LogP contribution in [0.3, 0.4) is 0 Å². The molecule has 2 aromatic heterocycles. The van der Waals surface area contributed by atoms with Gasteiger partial charge in [0, 0.05) is 18.3 Å². The maximum Gasteiger partial charge on any atom is 0.433 e. The molecule has 1 aliphatic carbocycles. The molecule has 37 heavy (non-hydrogen) atoms. The minimum absolute atomic E-state index is 0.000977. The van der Waals surface area contributed by atoms with Crippen molar-refractivity contribution in [1.82, 2.24) is 20.5 Å². The fourth-order valence-electron chi connectivity index (χ4n) is 3.87. The molecule has 0 radical (unpaired) electrons. The Morgan fingerprint density at radius 2 is 1.78 bits per heavy atom. The number of carbonyl (C=O) groups is 1. The number of alkyl halides is 6. The van der Waals surface area contributed by atoms with Crippen LogP contribution in [0, 0.1) is 0 Å². The Balaban J connectivity index is 1.38. The summed E-state index contributed by atoms with van der Waals surface area (Å²) in [5.41, 5.74) is -0.767. The first-order valence-corrected chi connectivity index (χ1v) is 11.8. The van der Waals surface area contributed by atoms with Crippen LogP contribution in [0.25, 0.3) is 6.08 Å². The van der Waals surface area contributed by atoms with Gasteiger partial charge in [-0.15, -0.1) is 0 Å². The standard InChI is InChI=1S/C24H19BrF6N4O2/c25-20-14(2-1-3-18(20)37-19-9-6-15(11-32-19)23(26,27)28)10-13-4-7-16(8-5-13)34-22(36)17-12-33-35-21(17)24(29,30)31/h1-3,6,9-12,16H,4-5,7-8H2,(H,33,35)(H,34,36). The Labute approximate surface area is 215 Å². The summed E-state index contributed by atoms with van der Waals surface area (Å²) in [5, 5.41) is 7.81. The molecule has 196 valence electrons. The third kappa shape index (κ3) is 6.51. The van der Waals surface area contributed by atoms with Crippen molar-refractivity contribution >= 4 is 27.9 Å². The number of hydrogen-bond acceptors (Lipinski definition) is 4. The number of nitrogens with one attached hydrogen (secondary N) is 2. The number of H-pyrrole nitrogens is 1. The topological polar surface area (TPSA) is 79.9 Å². The fourth-order valence-corrected chi connectivity index (χ4v) is 4.33. The van der Waals surface area contributed by atoms with Crippen molar-refractivity contribution in [3.8, 4) is 11.6 Å². The number of pyridine rings is 1. The average molecular weight is 589 g/mol. The molecular formula is C24H19BrF6N4O2. The lowest BCUT2D eigenvalue weighted by Crippen LogP contribution is -2.37. The van der Waals surface area contributed by atoms with Crippen LogP contribution in [0.1, 0.15) is 52.9 Å². The lowest BCUT2D eigenvalue weighted by Gasteiger charge is -2.25. The molecule has 1 aliphatic rings. The van der Waals surface area contributed by atoms with Crippen molar-refractivity contribution in [1.29, 1.82) is 0 Å². The second kappa shape index (κ2) is 10.6. The third-order valence-corrected chi connectivity index (χ3v) is 6.61. The maximum absolute atomic E-state index is 13.0. The van der Waals surface area contributed by atoms with Crippen LogP contribution in [0.2, 0.25) is 0 Å². The van der Waals surface area contributed by atoms with Crippen LogP contribution < -0.4 is 10.1 Å². The fraction of sp³-hybridized carbons (Fsp3) is 0.292. The molecule has 0 spiro atoms. The van der Waals surface area contributed by atoms with E-state index in [0.29, 0.717) is 42.1 Å². The molecule has 13 heteroatoms. The first-order valence-electron chi connectivity index (χ1n) is 11.0. The molecule has 2 heterocycles. The van der Waals surface area contributed by atoms with E-state index < -0.39 is 35.1 Å². The summed E-state index contributed by atoms with van der Waals surface area (Å²) in [5.74, 6) is -0.466. The van der Waals surface area contributed by atoms with Crippen LogP contribution >= 0.6 is 15.9 Å². The molecule has 0 aliphatic heterocycles. The monoisotopic (exact) mass is 588 g/mol. The van der Waals surface area contributed by atoms with Crippen LogP contribution in [0.5, 0.6) is 11.6 Å². The number of amides is 1. The Bertz CT molecular complexity index is 1290. The summed E-state index contributed by atoms with van der Waals surface area (Å²) < 4.78 is 83.4. The first kappa shape index (κ1) is 26.7. The van der Waals surface area contributed by atoms with Gasteiger partial charge < -0.3 is 10.1 Å². The lowest BCUT2D eigenvalue weighted by molar-refractivity contribution is -0.141. The summed E-state index contributed by atoms with van der Waals surface area (Å²) >= 11 is 3.47. The van der Waals surface area contributed by atoms with Gasteiger partial charge in [-0.25, -0.2) is 4.98 Å². The Morgan fingerprint density at radius 1 is 1.05 bits per heavy atom. The normalized spacial score (nSPS) is 16.4. The van der Waals surface area contributed by atoms with Gasteiger partial charge in [0.15, 0.2) is 5.69 Å². The van der Waals surface area contributed by atoms with Crippen molar-refractivity contribution in [3.05, 3.63) is 75.2 Å². The van der Waals surface area contributed by atoms with E-state index in [-0.39, 0.29) is 11.9 Å². The summed E-state index contributed by atoms with van der Waals surface area (Å²) in [6.45, 7) is 0. The van der Waals surface area contributed by atoms with Crippen LogP contribution in [0.4, 0.5) is 26.3 Å². The molecular weight excluding hydrogens is 570 g/mol. The number of hydrogen-bond donors (Lipinski definition) is 2. The van der Waals surface area contributed by atoms with E-state index in [0.717, 1.165) is 29.5 Å². The number of rotatable bonds is 5. The maximum atomic E-state index is 13.0. The van der Waals surface area contributed by atoms with Gasteiger partial charge in [-0.3, -0.25) is 9.89 Å². The highest BCUT2D eigenvalue weighted by Gasteiger charge is 2.38. The first-order chi connectivity index (χ1) is 17.4. The van der Waals surface area contributed by atoms with Crippen LogP contribution in [-0.2, 0) is 12.4 Å². The molecule has 4 rings (SSSR count). The molecule has 1 amide bonds. The van der Waals surface area contributed by atoms with Crippen LogP contribution in [-0.4, -0.2) is 27.1 Å². The van der Waals surface area contributed by atoms with Gasteiger partial charge >= 0.3 is 12.4 Å². The summed E-state index contributed by atoms with van der Waals surface area (Å²) in [4.78, 5) is 16.1. The SMILES string of the molecule is O=C(NC1CCC(=Cc2cccc(Oc3ccc(C(F)(F)F)cn3)c2Br)CC1)c1cn[nH]c1C(F)(F)F. The van der Waals surface area contributed by atoms with E-state index >= 15 is 0 Å². The molecule has 0 atom stereocenters. The summed E-state index contributed by atoms with van der Waals surface area (Å²) in [7, 11) is 0. The molecule has 1 saturated carbocycles. The van der Waals surface area contributed by atoms with Crippen LogP contribution in [0.15, 0.2) is 52.8 Å². The molecule has 1 aromatic carbocycles. The second-order valence-corrected chi connectivity index (χ2v) is 9.14. The van der Waals surface area contributed by atoms with Gasteiger partial charge in [-0.1, -0.05) is 23.8 Å². The van der Waals surface area contributed by atoms with E-state index in [2.05, 4.69) is 31.3 Å². The Kier molecular flexibility index (Phi) is 7.62. The van der Waals surface area contributed by atoms with Gasteiger partial charge in [0.1, 0.15) is 5.75 Å². The third-order valence-electron chi connectivity index (χ3n) is 5.76. The Hall–Kier alpha value is -3.35. The zero-order valence-electron chi connectivity index (χ0n) is 18.9. The molecule has 0 saturated heterocycles. The summed E-state index contributed by atoms with van der Waals surface area (Å²) in [6, 6.07) is 6.93. The zero-order chi connectivity index (χ0) is 26.8. The number of benzene rings is 1. The van der Waals surface area contributed by atoms with Crippen molar-refractivity contribution in [2.75, 3.05) is 0 Å². The zero-order valence-corrected chi connectivity index (χ0v) is 20.5. The number of aromatic nitrogens is 3. The highest BCUT2D eigenvalue weighted by atomic mass is 79.9. The van der Waals surface area contributed by atoms with E-state index in [9.17, 15) is 31.1 Å². The van der Waals surface area contributed by atoms with E-state index in [1.807, 2.05) is 17.2 Å². The van der Waals surface area contributed by atoms with Gasteiger partial charge in [0.05, 0.1) is 21.8 Å². The van der Waals surface area contributed by atoms with Gasteiger partial charge in [-0.05, 0) is 59.3 Å². The molecule has 6 nitrogen and oxygen atoms in total. The number of ether oxygens (including phenoxy) is 1. The van der Waals surface area contributed by atoms with Gasteiger partial charge in [0.25, 0.3) is 5.91 Å². The average Bonchev–Trinajstić information content (AvgIpc) is 3.34. The summed E-state index contributed by atoms with van der Waals surface area (Å²) in [6.07, 6.45) is -3.40. The molecule has 2 N–H and O–H groups in total. The van der Waals surface area contributed by atoms with Crippen molar-refractivity contribution in [2.45, 2.75) is 44.1 Å². The highest BCUT2D eigenvalue weighted by Crippen LogP contribution is 2.36. The van der Waals surface area contributed by atoms with Crippen molar-refractivity contribution in [2.24, 2.45) is 0 Å². The minimum Gasteiger partial charge on any atom is -0.438 e. The van der Waals surface area contributed by atoms with Gasteiger partial charge in [0.2, 0.25) is 5.88 Å². The number of aromatic amines is 1. The van der Waals surface area contributed by atoms with Gasteiger partial charge in [-0.2, -0.15) is 31.4 Å². The second-order valence-electron chi connectivity index (χ2n) is 8.35. The largest absolute Gasteiger partial charge is 0.438 e. The Morgan fingerprint density at radius 3 is 2.41 bits per heavy atom. The number of carbonyl (C=O) groups excluding carboxylic acids is 1. The quantitative estimate of drug-likeness (QED) is 0.310.